The Hall–Kier alpha value is 1.75. The molecule has 0 spiro atoms. The minimum atomic E-state index is 0.802. The van der Waals surface area contributed by atoms with E-state index in [9.17, 15) is 0 Å². The van der Waals surface area contributed by atoms with Gasteiger partial charge in [0.15, 0.2) is 0 Å². The van der Waals surface area contributed by atoms with Crippen LogP contribution in [0.5, 0.6) is 0 Å². The highest BCUT2D eigenvalue weighted by atomic mass is 32.3. The minimum absolute atomic E-state index is 0.802. The van der Waals surface area contributed by atoms with Crippen LogP contribution in [0.2, 0.25) is 0 Å². The van der Waals surface area contributed by atoms with Gasteiger partial charge >= 0.3 is 0 Å². The molecule has 1 rings (SSSR count). The van der Waals surface area contributed by atoms with Gasteiger partial charge in [-0.15, -0.1) is 47.0 Å². The second-order valence-corrected chi connectivity index (χ2v) is 8.47. The lowest BCUT2D eigenvalue weighted by Gasteiger charge is -2.19. The number of hydrogen-bond donors (Lipinski definition) is 1. The van der Waals surface area contributed by atoms with Crippen LogP contribution in [0.15, 0.2) is 0 Å². The predicted octanol–water partition coefficient (Wildman–Crippen LogP) is 3.45. The number of thiol groups is 1. The Morgan fingerprint density at radius 3 is 2.73 bits per heavy atom. The summed E-state index contributed by atoms with van der Waals surface area (Å²) < 4.78 is 0.802. The minimum Gasteiger partial charge on any atom is -0.179 e. The van der Waals surface area contributed by atoms with Gasteiger partial charge in [-0.3, -0.25) is 0 Å². The molecule has 0 bridgehead atoms. The maximum absolute atomic E-state index is 4.19. The van der Waals surface area contributed by atoms with Crippen molar-refractivity contribution in [2.24, 2.45) is 0 Å². The Balaban J connectivity index is 1.96. The molecule has 0 amide bonds. The summed E-state index contributed by atoms with van der Waals surface area (Å²) in [6, 6.07) is 0. The van der Waals surface area contributed by atoms with Crippen molar-refractivity contribution < 1.29 is 0 Å². The van der Waals surface area contributed by atoms with E-state index in [1.165, 1.54) is 22.3 Å². The Kier molecular flexibility index (Phi) is 7.07. The molecule has 1 aliphatic heterocycles. The van der Waals surface area contributed by atoms with Crippen molar-refractivity contribution in [3.63, 3.8) is 0 Å². The predicted molar refractivity (Wildman–Crippen MR) is 67.2 cm³/mol. The van der Waals surface area contributed by atoms with E-state index in [1.54, 1.807) is 0 Å². The first kappa shape index (κ1) is 10.8. The van der Waals surface area contributed by atoms with Crippen LogP contribution in [0.25, 0.3) is 0 Å². The van der Waals surface area contributed by atoms with Gasteiger partial charge in [0, 0.05) is 10.2 Å². The molecule has 0 radical (unpaired) electrons. The molecular formula is C6H12S5. The van der Waals surface area contributed by atoms with E-state index in [0.717, 1.165) is 9.67 Å². The molecule has 0 N–H and O–H groups in total. The topological polar surface area (TPSA) is 0 Å². The Morgan fingerprint density at radius 2 is 2.09 bits per heavy atom. The van der Waals surface area contributed by atoms with E-state index >= 15 is 0 Å². The van der Waals surface area contributed by atoms with Crippen LogP contribution in [-0.4, -0.2) is 25.6 Å². The quantitative estimate of drug-likeness (QED) is 0.594. The average Bonchev–Trinajstić information content (AvgIpc) is 2.07. The van der Waals surface area contributed by atoms with Gasteiger partial charge in [0.05, 0.1) is 3.91 Å². The van der Waals surface area contributed by atoms with Crippen LogP contribution < -0.4 is 0 Å². The van der Waals surface area contributed by atoms with E-state index in [-0.39, 0.29) is 0 Å². The second-order valence-electron chi connectivity index (χ2n) is 2.01. The van der Waals surface area contributed by atoms with Crippen LogP contribution in [0, 0.1) is 0 Å². The lowest BCUT2D eigenvalue weighted by atomic mass is 10.6. The summed E-state index contributed by atoms with van der Waals surface area (Å²) in [5.74, 6) is 2.31. The van der Waals surface area contributed by atoms with E-state index in [1.807, 2.05) is 11.8 Å². The fourth-order valence-corrected chi connectivity index (χ4v) is 7.78. The molecule has 0 nitrogen and oxygen atoms in total. The zero-order valence-corrected chi connectivity index (χ0v) is 10.4. The van der Waals surface area contributed by atoms with Crippen molar-refractivity contribution in [1.82, 2.24) is 0 Å². The zero-order valence-electron chi connectivity index (χ0n) is 6.19. The molecule has 5 heteroatoms. The van der Waals surface area contributed by atoms with Crippen molar-refractivity contribution in [2.45, 2.75) is 10.3 Å². The molecule has 0 saturated carbocycles. The molecule has 1 fully saturated rings. The van der Waals surface area contributed by atoms with E-state index in [0.29, 0.717) is 0 Å². The van der Waals surface area contributed by atoms with Crippen LogP contribution in [0.4, 0.5) is 0 Å². The van der Waals surface area contributed by atoms with Gasteiger partial charge < -0.3 is 0 Å². The van der Waals surface area contributed by atoms with Gasteiger partial charge in [0.1, 0.15) is 0 Å². The summed E-state index contributed by atoms with van der Waals surface area (Å²) in [5.41, 5.74) is 0. The summed E-state index contributed by atoms with van der Waals surface area (Å²) in [7, 11) is 0. The highest BCUT2D eigenvalue weighted by molar-refractivity contribution is 8.40. The molecule has 0 aromatic heterocycles. The largest absolute Gasteiger partial charge is 0.179 e. The third-order valence-electron chi connectivity index (χ3n) is 1.13. The van der Waals surface area contributed by atoms with Gasteiger partial charge in [-0.05, 0) is 17.9 Å². The fourth-order valence-electron chi connectivity index (χ4n) is 0.630. The lowest BCUT2D eigenvalue weighted by Crippen LogP contribution is -1.99. The molecule has 0 atom stereocenters. The molecule has 1 saturated heterocycles. The first-order valence-electron chi connectivity index (χ1n) is 3.47. The van der Waals surface area contributed by atoms with Crippen LogP contribution >= 0.6 is 59.7 Å². The summed E-state index contributed by atoms with van der Waals surface area (Å²) >= 11 is 12.5. The monoisotopic (exact) mass is 244 g/mol. The number of rotatable bonds is 4. The summed E-state index contributed by atoms with van der Waals surface area (Å²) in [5, 5.41) is 2.57. The van der Waals surface area contributed by atoms with Gasteiger partial charge in [-0.2, -0.15) is 12.6 Å². The highest BCUT2D eigenvalue weighted by Crippen LogP contribution is 2.42. The Labute approximate surface area is 91.2 Å². The Morgan fingerprint density at radius 1 is 1.36 bits per heavy atom. The van der Waals surface area contributed by atoms with Crippen LogP contribution in [0.1, 0.15) is 6.42 Å². The van der Waals surface area contributed by atoms with Gasteiger partial charge in [-0.25, -0.2) is 0 Å². The first-order valence-corrected chi connectivity index (χ1v) is 8.40. The summed E-state index contributed by atoms with van der Waals surface area (Å²) in [6.45, 7) is 0. The molecule has 0 aromatic carbocycles. The van der Waals surface area contributed by atoms with Crippen LogP contribution in [-0.2, 0) is 0 Å². The van der Waals surface area contributed by atoms with Gasteiger partial charge in [0.2, 0.25) is 0 Å². The van der Waals surface area contributed by atoms with Crippen molar-refractivity contribution >= 4 is 59.7 Å². The normalized spacial score (nSPS) is 20.5. The zero-order chi connectivity index (χ0) is 7.94. The van der Waals surface area contributed by atoms with Gasteiger partial charge in [0.25, 0.3) is 0 Å². The molecule has 11 heavy (non-hydrogen) atoms. The molecule has 0 aliphatic carbocycles. The highest BCUT2D eigenvalue weighted by Gasteiger charge is 2.13. The standard InChI is InChI=1S/C6H12S5/c7-2-1-3-9-6-10-4-8-5-11-6/h6-7H,1-5H2. The Bertz CT molecular complexity index is 91.0. The molecule has 0 aromatic rings. The van der Waals surface area contributed by atoms with E-state index in [2.05, 4.69) is 47.9 Å². The van der Waals surface area contributed by atoms with Crippen molar-refractivity contribution in [3.8, 4) is 0 Å². The lowest BCUT2D eigenvalue weighted by molar-refractivity contribution is 1.13. The molecule has 66 valence electrons. The molecule has 0 unspecified atom stereocenters. The van der Waals surface area contributed by atoms with Crippen molar-refractivity contribution in [2.75, 3.05) is 21.7 Å². The van der Waals surface area contributed by atoms with Crippen molar-refractivity contribution in [3.05, 3.63) is 0 Å². The summed E-state index contributed by atoms with van der Waals surface area (Å²) in [6.07, 6.45) is 1.25. The van der Waals surface area contributed by atoms with Gasteiger partial charge in [-0.1, -0.05) is 0 Å². The van der Waals surface area contributed by atoms with E-state index < -0.39 is 0 Å². The van der Waals surface area contributed by atoms with Crippen LogP contribution in [0.3, 0.4) is 0 Å². The first-order chi connectivity index (χ1) is 5.43. The molecular weight excluding hydrogens is 232 g/mol. The average molecular weight is 244 g/mol. The third-order valence-corrected chi connectivity index (χ3v) is 7.66. The van der Waals surface area contributed by atoms with Crippen molar-refractivity contribution in [1.29, 1.82) is 0 Å². The number of thioether (sulfide) groups is 4. The fraction of sp³-hybridized carbons (Fsp3) is 1.00. The van der Waals surface area contributed by atoms with E-state index in [4.69, 9.17) is 0 Å². The molecule has 1 heterocycles. The third kappa shape index (κ3) is 5.13. The maximum Gasteiger partial charge on any atom is 0.0972 e. The summed E-state index contributed by atoms with van der Waals surface area (Å²) in [4.78, 5) is 0. The smallest absolute Gasteiger partial charge is 0.0972 e. The maximum atomic E-state index is 4.19. The number of hydrogen-bond acceptors (Lipinski definition) is 5. The second kappa shape index (κ2) is 7.18. The SMILES string of the molecule is SCCCSC1SCSCS1. The molecule has 1 aliphatic rings.